The van der Waals surface area contributed by atoms with Crippen molar-refractivity contribution in [1.82, 2.24) is 4.98 Å². The number of rotatable bonds is 5. The number of para-hydroxylation sites is 1. The first-order valence-corrected chi connectivity index (χ1v) is 5.74. The monoisotopic (exact) mass is 258 g/mol. The van der Waals surface area contributed by atoms with Gasteiger partial charge in [0.15, 0.2) is 0 Å². The fourth-order valence-corrected chi connectivity index (χ4v) is 1.44. The van der Waals surface area contributed by atoms with E-state index in [9.17, 15) is 4.79 Å². The third kappa shape index (κ3) is 3.22. The number of ether oxygens (including phenoxy) is 2. The zero-order valence-corrected chi connectivity index (χ0v) is 10.4. The van der Waals surface area contributed by atoms with Crippen LogP contribution in [0.4, 0.5) is 0 Å². The summed E-state index contributed by atoms with van der Waals surface area (Å²) in [4.78, 5) is 15.6. The number of primary amides is 1. The Labute approximate surface area is 111 Å². The summed E-state index contributed by atoms with van der Waals surface area (Å²) in [6, 6.07) is 13.9. The molecule has 1 heterocycles. The molecule has 1 amide bonds. The second-order valence-electron chi connectivity index (χ2n) is 4.00. The predicted molar refractivity (Wildman–Crippen MR) is 69.5 cm³/mol. The van der Waals surface area contributed by atoms with Crippen LogP contribution >= 0.6 is 0 Å². The highest BCUT2D eigenvalue weighted by molar-refractivity contribution is 5.82. The van der Waals surface area contributed by atoms with E-state index in [1.54, 1.807) is 48.7 Å². The highest BCUT2D eigenvalue weighted by Gasteiger charge is 2.36. The van der Waals surface area contributed by atoms with Crippen LogP contribution in [0.5, 0.6) is 11.6 Å². The SMILES string of the molecule is CC(Oc1ccccc1)(Oc1ccccn1)C(N)=O. The highest BCUT2D eigenvalue weighted by Crippen LogP contribution is 2.21. The zero-order valence-electron chi connectivity index (χ0n) is 10.4. The number of hydrogen-bond acceptors (Lipinski definition) is 4. The molecule has 0 fully saturated rings. The quantitative estimate of drug-likeness (QED) is 0.829. The van der Waals surface area contributed by atoms with Crippen molar-refractivity contribution in [1.29, 1.82) is 0 Å². The fraction of sp³-hybridized carbons (Fsp3) is 0.143. The minimum atomic E-state index is -1.62. The van der Waals surface area contributed by atoms with E-state index < -0.39 is 11.7 Å². The number of carbonyl (C=O) groups excluding carboxylic acids is 1. The van der Waals surface area contributed by atoms with Gasteiger partial charge < -0.3 is 15.2 Å². The second kappa shape index (κ2) is 5.39. The van der Waals surface area contributed by atoms with Gasteiger partial charge in [-0.25, -0.2) is 4.98 Å². The number of hydrogen-bond donors (Lipinski definition) is 1. The number of pyridine rings is 1. The number of carbonyl (C=O) groups is 1. The van der Waals surface area contributed by atoms with Gasteiger partial charge in [0.1, 0.15) is 5.75 Å². The Kier molecular flexibility index (Phi) is 3.66. The molecule has 0 saturated heterocycles. The van der Waals surface area contributed by atoms with E-state index >= 15 is 0 Å². The Balaban J connectivity index is 2.21. The van der Waals surface area contributed by atoms with E-state index in [1.165, 1.54) is 6.92 Å². The normalized spacial score (nSPS) is 13.3. The van der Waals surface area contributed by atoms with Gasteiger partial charge in [-0.15, -0.1) is 0 Å². The van der Waals surface area contributed by atoms with Gasteiger partial charge >= 0.3 is 11.7 Å². The first-order chi connectivity index (χ1) is 9.10. The van der Waals surface area contributed by atoms with Crippen LogP contribution in [0, 0.1) is 0 Å². The summed E-state index contributed by atoms with van der Waals surface area (Å²) in [5, 5.41) is 0. The molecular formula is C14H14N2O3. The second-order valence-corrected chi connectivity index (χ2v) is 4.00. The topological polar surface area (TPSA) is 74.4 Å². The van der Waals surface area contributed by atoms with E-state index in [-0.39, 0.29) is 5.88 Å². The Morgan fingerprint density at radius 1 is 1.11 bits per heavy atom. The van der Waals surface area contributed by atoms with Gasteiger partial charge in [-0.2, -0.15) is 0 Å². The minimum absolute atomic E-state index is 0.264. The molecule has 0 radical (unpaired) electrons. The summed E-state index contributed by atoms with van der Waals surface area (Å²) in [5.41, 5.74) is 5.35. The van der Waals surface area contributed by atoms with Crippen molar-refractivity contribution < 1.29 is 14.3 Å². The molecule has 1 atom stereocenters. The molecule has 2 rings (SSSR count). The Bertz CT molecular complexity index is 502. The van der Waals surface area contributed by atoms with Gasteiger partial charge in [0, 0.05) is 19.2 Å². The van der Waals surface area contributed by atoms with Crippen molar-refractivity contribution in [2.24, 2.45) is 5.73 Å². The largest absolute Gasteiger partial charge is 0.444 e. The highest BCUT2D eigenvalue weighted by atomic mass is 16.7. The van der Waals surface area contributed by atoms with Crippen molar-refractivity contribution in [2.45, 2.75) is 12.7 Å². The molecule has 0 saturated carbocycles. The van der Waals surface area contributed by atoms with E-state index in [0.29, 0.717) is 5.75 Å². The maximum Gasteiger partial charge on any atom is 0.329 e. The van der Waals surface area contributed by atoms with Crippen LogP contribution in [0.3, 0.4) is 0 Å². The first-order valence-electron chi connectivity index (χ1n) is 5.74. The number of nitrogens with two attached hydrogens (primary N) is 1. The summed E-state index contributed by atoms with van der Waals surface area (Å²) in [6.07, 6.45) is 1.55. The van der Waals surface area contributed by atoms with E-state index in [1.807, 2.05) is 6.07 Å². The molecule has 5 nitrogen and oxygen atoms in total. The van der Waals surface area contributed by atoms with Crippen molar-refractivity contribution >= 4 is 5.91 Å². The Hall–Kier alpha value is -2.56. The summed E-state index contributed by atoms with van der Waals surface area (Å²) in [6.45, 7) is 1.46. The van der Waals surface area contributed by atoms with E-state index in [0.717, 1.165) is 0 Å². The molecule has 98 valence electrons. The molecule has 0 bridgehead atoms. The summed E-state index contributed by atoms with van der Waals surface area (Å²) < 4.78 is 11.0. The van der Waals surface area contributed by atoms with Gasteiger partial charge in [-0.05, 0) is 18.2 Å². The van der Waals surface area contributed by atoms with Crippen LogP contribution in [-0.4, -0.2) is 16.7 Å². The van der Waals surface area contributed by atoms with Gasteiger partial charge in [0.05, 0.1) is 0 Å². The lowest BCUT2D eigenvalue weighted by Crippen LogP contribution is -2.51. The summed E-state index contributed by atoms with van der Waals surface area (Å²) in [5.74, 6) is -1.60. The minimum Gasteiger partial charge on any atom is -0.444 e. The van der Waals surface area contributed by atoms with Gasteiger partial charge in [-0.3, -0.25) is 4.79 Å². The summed E-state index contributed by atoms with van der Waals surface area (Å²) in [7, 11) is 0. The molecule has 0 aliphatic rings. The van der Waals surface area contributed by atoms with Crippen molar-refractivity contribution in [2.75, 3.05) is 0 Å². The van der Waals surface area contributed by atoms with Crippen LogP contribution in [-0.2, 0) is 4.79 Å². The van der Waals surface area contributed by atoms with Crippen LogP contribution in [0.1, 0.15) is 6.92 Å². The molecule has 1 aromatic carbocycles. The van der Waals surface area contributed by atoms with E-state index in [2.05, 4.69) is 4.98 Å². The summed E-state index contributed by atoms with van der Waals surface area (Å²) >= 11 is 0. The maximum atomic E-state index is 11.6. The number of aromatic nitrogens is 1. The van der Waals surface area contributed by atoms with Crippen molar-refractivity contribution in [3.8, 4) is 11.6 Å². The average Bonchev–Trinajstić information content (AvgIpc) is 2.40. The van der Waals surface area contributed by atoms with Crippen LogP contribution in [0.25, 0.3) is 0 Å². The lowest BCUT2D eigenvalue weighted by molar-refractivity contribution is -0.158. The van der Waals surface area contributed by atoms with Gasteiger partial charge in [0.2, 0.25) is 5.88 Å². The predicted octanol–water partition coefficient (Wildman–Crippen LogP) is 1.74. The molecule has 1 unspecified atom stereocenters. The number of nitrogens with zero attached hydrogens (tertiary/aromatic N) is 1. The van der Waals surface area contributed by atoms with Crippen LogP contribution in [0.15, 0.2) is 54.7 Å². The Morgan fingerprint density at radius 3 is 2.37 bits per heavy atom. The molecule has 1 aromatic heterocycles. The molecule has 5 heteroatoms. The van der Waals surface area contributed by atoms with Gasteiger partial charge in [-0.1, -0.05) is 24.3 Å². The molecule has 0 spiro atoms. The molecule has 0 aliphatic heterocycles. The molecule has 0 aliphatic carbocycles. The Morgan fingerprint density at radius 2 is 1.79 bits per heavy atom. The van der Waals surface area contributed by atoms with Crippen molar-refractivity contribution in [3.05, 3.63) is 54.7 Å². The molecule has 2 aromatic rings. The maximum absolute atomic E-state index is 11.6. The lowest BCUT2D eigenvalue weighted by Gasteiger charge is -2.27. The molecule has 2 N–H and O–H groups in total. The van der Waals surface area contributed by atoms with E-state index in [4.69, 9.17) is 15.2 Å². The molecular weight excluding hydrogens is 244 g/mol. The third-order valence-electron chi connectivity index (χ3n) is 2.44. The zero-order chi connectivity index (χ0) is 13.7. The average molecular weight is 258 g/mol. The first kappa shape index (κ1) is 12.9. The fourth-order valence-electron chi connectivity index (χ4n) is 1.44. The van der Waals surface area contributed by atoms with Crippen LogP contribution < -0.4 is 15.2 Å². The smallest absolute Gasteiger partial charge is 0.329 e. The van der Waals surface area contributed by atoms with Crippen molar-refractivity contribution in [3.63, 3.8) is 0 Å². The standard InChI is InChI=1S/C14H14N2O3/c1-14(13(15)17,18-11-7-3-2-4-8-11)19-12-9-5-6-10-16-12/h2-10H,1H3,(H2,15,17). The molecule has 19 heavy (non-hydrogen) atoms. The lowest BCUT2D eigenvalue weighted by atomic mass is 10.3. The van der Waals surface area contributed by atoms with Gasteiger partial charge in [0.25, 0.3) is 0 Å². The van der Waals surface area contributed by atoms with Crippen LogP contribution in [0.2, 0.25) is 0 Å². The number of benzene rings is 1. The third-order valence-corrected chi connectivity index (χ3v) is 2.44. The number of amides is 1.